The van der Waals surface area contributed by atoms with Crippen LogP contribution in [0.1, 0.15) is 18.5 Å². The molecule has 20 heavy (non-hydrogen) atoms. The molecule has 1 rings (SSSR count). The van der Waals surface area contributed by atoms with E-state index >= 15 is 0 Å². The van der Waals surface area contributed by atoms with E-state index in [0.29, 0.717) is 0 Å². The number of sulfonamides is 1. The van der Waals surface area contributed by atoms with E-state index in [9.17, 15) is 8.42 Å². The van der Waals surface area contributed by atoms with Gasteiger partial charge in [-0.05, 0) is 31.7 Å². The maximum absolute atomic E-state index is 12.4. The third-order valence-electron chi connectivity index (χ3n) is 3.15. The Hall–Kier alpha value is -0.990. The fourth-order valence-electron chi connectivity index (χ4n) is 1.82. The molecule has 1 atom stereocenters. The average Bonchev–Trinajstić information content (AvgIpc) is 2.46. The monoisotopic (exact) mass is 302 g/mol. The van der Waals surface area contributed by atoms with Crippen LogP contribution in [-0.2, 0) is 10.0 Å². The molecule has 0 amide bonds. The van der Waals surface area contributed by atoms with Crippen LogP contribution in [0.25, 0.3) is 0 Å². The van der Waals surface area contributed by atoms with Crippen molar-refractivity contribution in [1.29, 1.82) is 0 Å². The molecule has 0 heterocycles. The molecule has 0 bridgehead atoms. The lowest BCUT2D eigenvalue weighted by atomic mass is 10.1. The molecule has 0 saturated carbocycles. The first-order valence-corrected chi connectivity index (χ1v) is 7.90. The van der Waals surface area contributed by atoms with Gasteiger partial charge in [-0.2, -0.15) is 4.31 Å². The Kier molecular flexibility index (Phi) is 6.57. The number of hydrogen-bond donors (Lipinski definition) is 3. The SMILES string of the molecule is CNC(C)c1ccc(S(=O)(=O)N(CCO)CCO)cc1. The topological polar surface area (TPSA) is 89.9 Å². The maximum Gasteiger partial charge on any atom is 0.243 e. The molecule has 1 aromatic rings. The van der Waals surface area contributed by atoms with Crippen molar-refractivity contribution in [2.75, 3.05) is 33.4 Å². The molecule has 7 heteroatoms. The lowest BCUT2D eigenvalue weighted by Crippen LogP contribution is -2.35. The average molecular weight is 302 g/mol. The number of nitrogens with zero attached hydrogens (tertiary/aromatic N) is 1. The van der Waals surface area contributed by atoms with Gasteiger partial charge in [0.15, 0.2) is 0 Å². The predicted molar refractivity (Wildman–Crippen MR) is 76.8 cm³/mol. The van der Waals surface area contributed by atoms with Crippen molar-refractivity contribution in [3.05, 3.63) is 29.8 Å². The van der Waals surface area contributed by atoms with E-state index in [4.69, 9.17) is 10.2 Å². The highest BCUT2D eigenvalue weighted by Gasteiger charge is 2.23. The molecular formula is C13H22N2O4S. The zero-order valence-electron chi connectivity index (χ0n) is 11.8. The van der Waals surface area contributed by atoms with Crippen molar-refractivity contribution in [1.82, 2.24) is 9.62 Å². The van der Waals surface area contributed by atoms with Gasteiger partial charge in [-0.25, -0.2) is 8.42 Å². The highest BCUT2D eigenvalue weighted by Crippen LogP contribution is 2.19. The van der Waals surface area contributed by atoms with Crippen molar-refractivity contribution in [3.8, 4) is 0 Å². The highest BCUT2D eigenvalue weighted by molar-refractivity contribution is 7.89. The van der Waals surface area contributed by atoms with Gasteiger partial charge in [-0.15, -0.1) is 0 Å². The Morgan fingerprint density at radius 1 is 1.15 bits per heavy atom. The van der Waals surface area contributed by atoms with Gasteiger partial charge in [0.1, 0.15) is 0 Å². The zero-order valence-corrected chi connectivity index (χ0v) is 12.6. The Bertz CT molecular complexity index is 496. The third kappa shape index (κ3) is 4.00. The van der Waals surface area contributed by atoms with E-state index in [1.807, 2.05) is 14.0 Å². The summed E-state index contributed by atoms with van der Waals surface area (Å²) < 4.78 is 25.8. The molecule has 0 aliphatic carbocycles. The maximum atomic E-state index is 12.4. The highest BCUT2D eigenvalue weighted by atomic mass is 32.2. The van der Waals surface area contributed by atoms with Crippen molar-refractivity contribution in [2.24, 2.45) is 0 Å². The molecule has 1 aromatic carbocycles. The number of nitrogens with one attached hydrogen (secondary N) is 1. The fourth-order valence-corrected chi connectivity index (χ4v) is 3.24. The van der Waals surface area contributed by atoms with Crippen molar-refractivity contribution < 1.29 is 18.6 Å². The van der Waals surface area contributed by atoms with Crippen molar-refractivity contribution in [2.45, 2.75) is 17.9 Å². The molecule has 0 aliphatic heterocycles. The van der Waals surface area contributed by atoms with Crippen LogP contribution in [0.2, 0.25) is 0 Å². The van der Waals surface area contributed by atoms with Crippen molar-refractivity contribution >= 4 is 10.0 Å². The lowest BCUT2D eigenvalue weighted by Gasteiger charge is -2.20. The Balaban J connectivity index is 3.02. The first kappa shape index (κ1) is 17.1. The summed E-state index contributed by atoms with van der Waals surface area (Å²) in [6.07, 6.45) is 0. The van der Waals surface area contributed by atoms with Gasteiger partial charge >= 0.3 is 0 Å². The first-order valence-electron chi connectivity index (χ1n) is 6.46. The van der Waals surface area contributed by atoms with Crippen LogP contribution in [0, 0.1) is 0 Å². The summed E-state index contributed by atoms with van der Waals surface area (Å²) in [5, 5.41) is 20.9. The quantitative estimate of drug-likeness (QED) is 0.626. The lowest BCUT2D eigenvalue weighted by molar-refractivity contribution is 0.217. The van der Waals surface area contributed by atoms with Crippen LogP contribution in [0.4, 0.5) is 0 Å². The molecular weight excluding hydrogens is 280 g/mol. The normalized spacial score (nSPS) is 13.7. The number of aliphatic hydroxyl groups excluding tert-OH is 2. The second-order valence-electron chi connectivity index (χ2n) is 4.43. The Morgan fingerprint density at radius 2 is 1.65 bits per heavy atom. The number of hydrogen-bond acceptors (Lipinski definition) is 5. The molecule has 0 spiro atoms. The molecule has 0 radical (unpaired) electrons. The summed E-state index contributed by atoms with van der Waals surface area (Å²) >= 11 is 0. The standard InChI is InChI=1S/C13H22N2O4S/c1-11(14-2)12-3-5-13(6-4-12)20(18,19)15(7-9-16)8-10-17/h3-6,11,14,16-17H,7-10H2,1-2H3. The molecule has 0 aliphatic rings. The van der Waals surface area contributed by atoms with Crippen LogP contribution >= 0.6 is 0 Å². The Morgan fingerprint density at radius 3 is 2.05 bits per heavy atom. The second-order valence-corrected chi connectivity index (χ2v) is 6.37. The van der Waals surface area contributed by atoms with Gasteiger partial charge < -0.3 is 15.5 Å². The van der Waals surface area contributed by atoms with Crippen LogP contribution < -0.4 is 5.32 Å². The largest absolute Gasteiger partial charge is 0.395 e. The summed E-state index contributed by atoms with van der Waals surface area (Å²) in [4.78, 5) is 0.159. The van der Waals surface area contributed by atoms with Crippen LogP contribution in [-0.4, -0.2) is 56.3 Å². The molecule has 1 unspecified atom stereocenters. The minimum atomic E-state index is -3.68. The summed E-state index contributed by atoms with van der Waals surface area (Å²) in [7, 11) is -1.85. The zero-order chi connectivity index (χ0) is 15.2. The van der Waals surface area contributed by atoms with Gasteiger partial charge in [0.25, 0.3) is 0 Å². The fraction of sp³-hybridized carbons (Fsp3) is 0.538. The van der Waals surface area contributed by atoms with Gasteiger partial charge in [0.05, 0.1) is 18.1 Å². The summed E-state index contributed by atoms with van der Waals surface area (Å²) in [5.41, 5.74) is 0.988. The van der Waals surface area contributed by atoms with E-state index in [-0.39, 0.29) is 37.2 Å². The Labute approximate surface area is 120 Å². The minimum Gasteiger partial charge on any atom is -0.395 e. The molecule has 3 N–H and O–H groups in total. The minimum absolute atomic E-state index is 0.0302. The van der Waals surface area contributed by atoms with Gasteiger partial charge in [-0.3, -0.25) is 0 Å². The van der Waals surface area contributed by atoms with E-state index in [1.54, 1.807) is 24.3 Å². The predicted octanol–water partition coefficient (Wildman–Crippen LogP) is -0.0577. The molecule has 0 saturated heterocycles. The van der Waals surface area contributed by atoms with Crippen LogP contribution in [0.3, 0.4) is 0 Å². The van der Waals surface area contributed by atoms with Crippen LogP contribution in [0.5, 0.6) is 0 Å². The second kappa shape index (κ2) is 7.70. The third-order valence-corrected chi connectivity index (χ3v) is 5.06. The number of rotatable bonds is 8. The van der Waals surface area contributed by atoms with Gasteiger partial charge in [-0.1, -0.05) is 12.1 Å². The number of aliphatic hydroxyl groups is 2. The van der Waals surface area contributed by atoms with Gasteiger partial charge in [0, 0.05) is 19.1 Å². The summed E-state index contributed by atoms with van der Waals surface area (Å²) in [6.45, 7) is 1.35. The van der Waals surface area contributed by atoms with E-state index in [2.05, 4.69) is 5.32 Å². The molecule has 6 nitrogen and oxygen atoms in total. The van der Waals surface area contributed by atoms with E-state index < -0.39 is 10.0 Å². The smallest absolute Gasteiger partial charge is 0.243 e. The van der Waals surface area contributed by atoms with Crippen molar-refractivity contribution in [3.63, 3.8) is 0 Å². The molecule has 0 fully saturated rings. The van der Waals surface area contributed by atoms with E-state index in [0.717, 1.165) is 9.87 Å². The van der Waals surface area contributed by atoms with Gasteiger partial charge in [0.2, 0.25) is 10.0 Å². The van der Waals surface area contributed by atoms with E-state index in [1.165, 1.54) is 0 Å². The van der Waals surface area contributed by atoms with Crippen LogP contribution in [0.15, 0.2) is 29.2 Å². The first-order chi connectivity index (χ1) is 9.47. The summed E-state index contributed by atoms with van der Waals surface area (Å²) in [6, 6.07) is 6.73. The molecule has 0 aromatic heterocycles. The molecule has 114 valence electrons. The number of benzene rings is 1. The summed E-state index contributed by atoms with van der Waals surface area (Å²) in [5.74, 6) is 0.